The minimum atomic E-state index is 0.137. The molecule has 8 nitrogen and oxygen atoms in total. The molecule has 2 fully saturated rings. The van der Waals surface area contributed by atoms with Crippen molar-refractivity contribution in [2.24, 2.45) is 10.9 Å². The summed E-state index contributed by atoms with van der Waals surface area (Å²) in [5.74, 6) is 1.14. The van der Waals surface area contributed by atoms with Gasteiger partial charge in [-0.25, -0.2) is 0 Å². The van der Waals surface area contributed by atoms with Crippen LogP contribution in [0.3, 0.4) is 0 Å². The van der Waals surface area contributed by atoms with Gasteiger partial charge >= 0.3 is 0 Å². The molecule has 2 rings (SSSR count). The van der Waals surface area contributed by atoms with Crippen molar-refractivity contribution in [3.63, 3.8) is 0 Å². The summed E-state index contributed by atoms with van der Waals surface area (Å²) in [5.41, 5.74) is 0. The fourth-order valence-electron chi connectivity index (χ4n) is 2.94. The van der Waals surface area contributed by atoms with Gasteiger partial charge in [-0.1, -0.05) is 20.8 Å². The highest BCUT2D eigenvalue weighted by molar-refractivity contribution is 5.78. The quantitative estimate of drug-likeness (QED) is 0.304. The van der Waals surface area contributed by atoms with Crippen molar-refractivity contribution in [1.29, 1.82) is 15.8 Å². The van der Waals surface area contributed by atoms with Crippen LogP contribution in [0, 0.1) is 39.9 Å². The number of nitriles is 3. The van der Waals surface area contributed by atoms with Gasteiger partial charge in [-0.3, -0.25) is 9.79 Å². The van der Waals surface area contributed by atoms with Crippen LogP contribution in [0.5, 0.6) is 0 Å². The lowest BCUT2D eigenvalue weighted by Crippen LogP contribution is -2.39. The second-order valence-corrected chi connectivity index (χ2v) is 6.47. The molecule has 0 radical (unpaired) electrons. The van der Waals surface area contributed by atoms with Crippen LogP contribution in [0.15, 0.2) is 4.99 Å². The average molecular weight is 404 g/mol. The zero-order valence-corrected chi connectivity index (χ0v) is 18.4. The van der Waals surface area contributed by atoms with Gasteiger partial charge in [-0.15, -0.1) is 0 Å². The number of amides is 1. The molecule has 0 aromatic heterocycles. The summed E-state index contributed by atoms with van der Waals surface area (Å²) in [6, 6.07) is 6.02. The van der Waals surface area contributed by atoms with Crippen molar-refractivity contribution in [3.8, 4) is 18.2 Å². The zero-order chi connectivity index (χ0) is 22.3. The van der Waals surface area contributed by atoms with Gasteiger partial charge in [-0.05, 0) is 38.0 Å². The van der Waals surface area contributed by atoms with Crippen molar-refractivity contribution in [1.82, 2.24) is 15.5 Å². The van der Waals surface area contributed by atoms with Crippen LogP contribution < -0.4 is 10.6 Å². The largest absolute Gasteiger partial charge is 0.363 e. The Hall–Kier alpha value is -2.63. The minimum Gasteiger partial charge on any atom is -0.363 e. The number of aliphatic imine (C=N–C) groups is 1. The SMILES string of the molecule is CC.CC#N.CC1CCC(NCC(=O)N2CCCC2)C1.N#CCN=CNCC#N. The van der Waals surface area contributed by atoms with Gasteiger partial charge in [0.2, 0.25) is 5.91 Å². The van der Waals surface area contributed by atoms with Gasteiger partial charge < -0.3 is 15.5 Å². The summed E-state index contributed by atoms with van der Waals surface area (Å²) in [6.45, 7) is 10.6. The maximum atomic E-state index is 11.7. The third-order valence-electron chi connectivity index (χ3n) is 4.22. The monoisotopic (exact) mass is 403 g/mol. The molecule has 0 bridgehead atoms. The summed E-state index contributed by atoms with van der Waals surface area (Å²) in [5, 5.41) is 29.2. The molecule has 2 N–H and O–H groups in total. The Morgan fingerprint density at radius 2 is 1.79 bits per heavy atom. The first-order chi connectivity index (χ1) is 14.1. The molecule has 29 heavy (non-hydrogen) atoms. The molecule has 1 aliphatic heterocycles. The molecule has 2 aliphatic rings. The smallest absolute Gasteiger partial charge is 0.236 e. The highest BCUT2D eigenvalue weighted by Crippen LogP contribution is 2.24. The number of hydrogen-bond acceptors (Lipinski definition) is 6. The summed E-state index contributed by atoms with van der Waals surface area (Å²) >= 11 is 0. The Morgan fingerprint density at radius 3 is 2.28 bits per heavy atom. The van der Waals surface area contributed by atoms with Gasteiger partial charge in [0, 0.05) is 26.1 Å². The van der Waals surface area contributed by atoms with Crippen LogP contribution in [-0.2, 0) is 4.79 Å². The predicted octanol–water partition coefficient (Wildman–Crippen LogP) is 2.59. The molecule has 1 saturated carbocycles. The second-order valence-electron chi connectivity index (χ2n) is 6.47. The molecule has 0 spiro atoms. The number of rotatable bonds is 6. The van der Waals surface area contributed by atoms with Crippen LogP contribution in [0.2, 0.25) is 0 Å². The highest BCUT2D eigenvalue weighted by atomic mass is 16.2. The van der Waals surface area contributed by atoms with E-state index in [-0.39, 0.29) is 13.1 Å². The lowest BCUT2D eigenvalue weighted by atomic mass is 10.1. The van der Waals surface area contributed by atoms with Gasteiger partial charge in [-0.2, -0.15) is 15.8 Å². The van der Waals surface area contributed by atoms with Crippen LogP contribution >= 0.6 is 0 Å². The molecule has 1 aliphatic carbocycles. The lowest BCUT2D eigenvalue weighted by molar-refractivity contribution is -0.129. The number of carbonyl (C=O) groups excluding carboxylic acids is 1. The maximum Gasteiger partial charge on any atom is 0.236 e. The average Bonchev–Trinajstić information content (AvgIpc) is 3.41. The van der Waals surface area contributed by atoms with E-state index in [4.69, 9.17) is 15.8 Å². The molecule has 1 heterocycles. The van der Waals surface area contributed by atoms with E-state index in [1.807, 2.05) is 30.9 Å². The first kappa shape index (κ1) is 28.6. The zero-order valence-electron chi connectivity index (χ0n) is 18.4. The van der Waals surface area contributed by atoms with Crippen LogP contribution in [0.4, 0.5) is 0 Å². The first-order valence-electron chi connectivity index (χ1n) is 10.4. The lowest BCUT2D eigenvalue weighted by Gasteiger charge is -2.18. The van der Waals surface area contributed by atoms with Gasteiger partial charge in [0.1, 0.15) is 13.1 Å². The number of likely N-dealkylation sites (tertiary alicyclic amines) is 1. The Balaban J connectivity index is 0. The Morgan fingerprint density at radius 1 is 1.17 bits per heavy atom. The van der Waals surface area contributed by atoms with E-state index in [1.54, 1.807) is 6.07 Å². The minimum absolute atomic E-state index is 0.137. The highest BCUT2D eigenvalue weighted by Gasteiger charge is 2.23. The van der Waals surface area contributed by atoms with Crippen molar-refractivity contribution >= 4 is 12.2 Å². The molecule has 1 saturated heterocycles. The van der Waals surface area contributed by atoms with Gasteiger partial charge in [0.05, 0.1) is 31.1 Å². The standard InChI is InChI=1S/C12H22N2O.C5H6N4.C2H3N.C2H6/c1-10-4-5-11(8-10)13-9-12(15)14-6-2-3-7-14;6-1-3-8-5-9-4-2-7;1-2-3;1-2/h10-11,13H,2-9H2,1H3;5H,3-4H2,(H,8,9);1H3;1-2H3. The summed E-state index contributed by atoms with van der Waals surface area (Å²) in [4.78, 5) is 17.3. The third-order valence-corrected chi connectivity index (χ3v) is 4.22. The first-order valence-corrected chi connectivity index (χ1v) is 10.4. The molecular weight excluding hydrogens is 366 g/mol. The molecular formula is C21H37N7O. The van der Waals surface area contributed by atoms with Gasteiger partial charge in [0.15, 0.2) is 0 Å². The molecule has 162 valence electrons. The molecule has 2 unspecified atom stereocenters. The van der Waals surface area contributed by atoms with Crippen LogP contribution in [0.1, 0.15) is 59.8 Å². The van der Waals surface area contributed by atoms with E-state index < -0.39 is 0 Å². The number of hydrogen-bond donors (Lipinski definition) is 2. The van der Waals surface area contributed by atoms with Crippen molar-refractivity contribution < 1.29 is 4.79 Å². The topological polar surface area (TPSA) is 128 Å². The Labute approximate surface area is 176 Å². The predicted molar refractivity (Wildman–Crippen MR) is 116 cm³/mol. The molecule has 2 atom stereocenters. The second kappa shape index (κ2) is 21.7. The molecule has 0 aromatic rings. The fraction of sp³-hybridized carbons (Fsp3) is 0.762. The van der Waals surface area contributed by atoms with E-state index >= 15 is 0 Å². The molecule has 1 amide bonds. The summed E-state index contributed by atoms with van der Waals surface area (Å²) in [7, 11) is 0. The van der Waals surface area contributed by atoms with Crippen molar-refractivity contribution in [2.45, 2.75) is 65.8 Å². The number of carbonyl (C=O) groups is 1. The summed E-state index contributed by atoms with van der Waals surface area (Å²) < 4.78 is 0. The maximum absolute atomic E-state index is 11.7. The van der Waals surface area contributed by atoms with E-state index in [1.165, 1.54) is 45.4 Å². The van der Waals surface area contributed by atoms with Crippen LogP contribution in [-0.4, -0.2) is 55.9 Å². The van der Waals surface area contributed by atoms with E-state index in [9.17, 15) is 4.79 Å². The Bertz CT molecular complexity index is 551. The van der Waals surface area contributed by atoms with E-state index in [2.05, 4.69) is 22.5 Å². The molecule has 0 aromatic carbocycles. The van der Waals surface area contributed by atoms with Crippen LogP contribution in [0.25, 0.3) is 0 Å². The normalized spacial score (nSPS) is 19.1. The number of nitrogens with one attached hydrogen (secondary N) is 2. The fourth-order valence-corrected chi connectivity index (χ4v) is 2.94. The summed E-state index contributed by atoms with van der Waals surface area (Å²) in [6.07, 6.45) is 7.53. The van der Waals surface area contributed by atoms with Crippen molar-refractivity contribution in [3.05, 3.63) is 0 Å². The number of nitrogens with zero attached hydrogens (tertiary/aromatic N) is 5. The van der Waals surface area contributed by atoms with Gasteiger partial charge in [0.25, 0.3) is 0 Å². The van der Waals surface area contributed by atoms with Crippen molar-refractivity contribution in [2.75, 3.05) is 32.7 Å². The Kier molecular flexibility index (Phi) is 21.4. The van der Waals surface area contributed by atoms with E-state index in [0.717, 1.165) is 19.0 Å². The van der Waals surface area contributed by atoms with E-state index in [0.29, 0.717) is 18.5 Å². The third kappa shape index (κ3) is 17.2. The molecule has 8 heteroatoms.